The van der Waals surface area contributed by atoms with Crippen LogP contribution in [0.2, 0.25) is 0 Å². The number of aryl methyl sites for hydroxylation is 1. The van der Waals surface area contributed by atoms with E-state index in [4.69, 9.17) is 9.73 Å². The summed E-state index contributed by atoms with van der Waals surface area (Å²) < 4.78 is 19.8. The zero-order valence-corrected chi connectivity index (χ0v) is 18.2. The third-order valence-corrected chi connectivity index (χ3v) is 5.38. The molecule has 3 rings (SSSR count). The molecular formula is C24H29FN4O. The van der Waals surface area contributed by atoms with Gasteiger partial charge in [0.25, 0.3) is 0 Å². The van der Waals surface area contributed by atoms with Crippen molar-refractivity contribution in [2.45, 2.75) is 40.5 Å². The van der Waals surface area contributed by atoms with Crippen molar-refractivity contribution in [3.05, 3.63) is 58.7 Å². The van der Waals surface area contributed by atoms with Gasteiger partial charge >= 0.3 is 0 Å². The molecule has 0 amide bonds. The van der Waals surface area contributed by atoms with Crippen molar-refractivity contribution >= 4 is 23.8 Å². The number of nitrogens with zero attached hydrogens (tertiary/aromatic N) is 4. The van der Waals surface area contributed by atoms with Crippen LogP contribution in [-0.4, -0.2) is 37.1 Å². The summed E-state index contributed by atoms with van der Waals surface area (Å²) in [6, 6.07) is 5.05. The van der Waals surface area contributed by atoms with Gasteiger partial charge in [0.1, 0.15) is 5.82 Å². The van der Waals surface area contributed by atoms with Gasteiger partial charge in [0.05, 0.1) is 36.4 Å². The van der Waals surface area contributed by atoms with Gasteiger partial charge < -0.3 is 9.64 Å². The Bertz CT molecular complexity index is 997. The molecule has 1 fully saturated rings. The average molecular weight is 409 g/mol. The number of hydrogen-bond donors (Lipinski definition) is 0. The smallest absolute Gasteiger partial charge is 0.216 e. The van der Waals surface area contributed by atoms with Gasteiger partial charge in [0.2, 0.25) is 5.88 Å². The van der Waals surface area contributed by atoms with Crippen LogP contribution in [0.1, 0.15) is 36.5 Å². The number of pyridine rings is 1. The van der Waals surface area contributed by atoms with Gasteiger partial charge in [-0.1, -0.05) is 13.0 Å². The highest BCUT2D eigenvalue weighted by molar-refractivity contribution is 6.05. The summed E-state index contributed by atoms with van der Waals surface area (Å²) in [5, 5.41) is 0. The number of aliphatic imine (C=N–C) groups is 2. The standard InChI is InChI=1S/C24H29FN4O/c1-6-11-30-24-18(4)17(3)23(14-27-24)29-10-9-19(13-26-5)22(15-29)28-20-8-7-16(2)21(25)12-20/h7-8,12-14H,5-6,9-11,15H2,1-4H3/b19-13-,28-22?. The molecule has 0 bridgehead atoms. The normalized spacial score (nSPS) is 16.9. The molecule has 1 saturated heterocycles. The molecule has 0 radical (unpaired) electrons. The number of ether oxygens (including phenoxy) is 1. The van der Waals surface area contributed by atoms with Gasteiger partial charge in [-0.2, -0.15) is 0 Å². The minimum atomic E-state index is -0.254. The molecule has 30 heavy (non-hydrogen) atoms. The number of piperidine rings is 1. The zero-order valence-electron chi connectivity index (χ0n) is 18.2. The van der Waals surface area contributed by atoms with E-state index in [0.717, 1.165) is 47.5 Å². The van der Waals surface area contributed by atoms with Crippen molar-refractivity contribution < 1.29 is 9.13 Å². The van der Waals surface area contributed by atoms with Crippen LogP contribution in [0.5, 0.6) is 5.88 Å². The van der Waals surface area contributed by atoms with E-state index < -0.39 is 0 Å². The van der Waals surface area contributed by atoms with E-state index in [1.807, 2.05) is 19.2 Å². The second-order valence-electron chi connectivity index (χ2n) is 7.55. The lowest BCUT2D eigenvalue weighted by atomic mass is 10.0. The maximum Gasteiger partial charge on any atom is 0.216 e. The first-order valence-corrected chi connectivity index (χ1v) is 10.3. The Kier molecular flexibility index (Phi) is 6.98. The molecular weight excluding hydrogens is 379 g/mol. The second-order valence-corrected chi connectivity index (χ2v) is 7.55. The third kappa shape index (κ3) is 4.75. The minimum absolute atomic E-state index is 0.254. The SMILES string of the molecule is C=N/C=C1/CCN(c2cnc(OCCC)c(C)c2C)CC1=Nc1ccc(C)c(F)c1. The average Bonchev–Trinajstić information content (AvgIpc) is 2.73. The van der Waals surface area contributed by atoms with E-state index in [2.05, 4.69) is 35.4 Å². The van der Waals surface area contributed by atoms with Crippen LogP contribution in [0.3, 0.4) is 0 Å². The Morgan fingerprint density at radius 2 is 2.07 bits per heavy atom. The maximum atomic E-state index is 14.0. The lowest BCUT2D eigenvalue weighted by Gasteiger charge is -2.32. The first-order chi connectivity index (χ1) is 14.4. The van der Waals surface area contributed by atoms with Crippen LogP contribution < -0.4 is 9.64 Å². The first kappa shape index (κ1) is 21.7. The number of anilines is 1. The van der Waals surface area contributed by atoms with E-state index in [1.54, 1.807) is 19.2 Å². The van der Waals surface area contributed by atoms with Crippen molar-refractivity contribution in [2.24, 2.45) is 9.98 Å². The summed E-state index contributed by atoms with van der Waals surface area (Å²) in [7, 11) is 0. The largest absolute Gasteiger partial charge is 0.477 e. The van der Waals surface area contributed by atoms with E-state index in [0.29, 0.717) is 30.3 Å². The molecule has 6 heteroatoms. The first-order valence-electron chi connectivity index (χ1n) is 10.3. The molecule has 0 unspecified atom stereocenters. The van der Waals surface area contributed by atoms with Crippen LogP contribution in [0.25, 0.3) is 0 Å². The van der Waals surface area contributed by atoms with Crippen molar-refractivity contribution in [1.29, 1.82) is 0 Å². The molecule has 2 aromatic rings. The van der Waals surface area contributed by atoms with Gasteiger partial charge in [-0.25, -0.2) is 9.37 Å². The van der Waals surface area contributed by atoms with Crippen molar-refractivity contribution in [2.75, 3.05) is 24.6 Å². The number of rotatable bonds is 6. The Morgan fingerprint density at radius 1 is 1.27 bits per heavy atom. The molecule has 0 atom stereocenters. The summed E-state index contributed by atoms with van der Waals surface area (Å²) in [5.74, 6) is 0.436. The quantitative estimate of drug-likeness (QED) is 0.593. The fourth-order valence-electron chi connectivity index (χ4n) is 3.46. The molecule has 1 aromatic carbocycles. The molecule has 1 aromatic heterocycles. The monoisotopic (exact) mass is 408 g/mol. The second kappa shape index (κ2) is 9.65. The van der Waals surface area contributed by atoms with Gasteiger partial charge in [-0.3, -0.25) is 9.98 Å². The highest BCUT2D eigenvalue weighted by Gasteiger charge is 2.23. The molecule has 1 aliphatic rings. The number of hydrogen-bond acceptors (Lipinski definition) is 5. The van der Waals surface area contributed by atoms with Crippen molar-refractivity contribution in [1.82, 2.24) is 4.98 Å². The molecule has 0 saturated carbocycles. The Labute approximate surface area is 178 Å². The van der Waals surface area contributed by atoms with Crippen LogP contribution >= 0.6 is 0 Å². The lowest BCUT2D eigenvalue weighted by Crippen LogP contribution is -2.37. The summed E-state index contributed by atoms with van der Waals surface area (Å²) >= 11 is 0. The predicted molar refractivity (Wildman–Crippen MR) is 122 cm³/mol. The van der Waals surface area contributed by atoms with E-state index in [-0.39, 0.29) is 5.82 Å². The summed E-state index contributed by atoms with van der Waals surface area (Å²) in [6.07, 6.45) is 5.34. The predicted octanol–water partition coefficient (Wildman–Crippen LogP) is 5.50. The molecule has 5 nitrogen and oxygen atoms in total. The van der Waals surface area contributed by atoms with E-state index >= 15 is 0 Å². The van der Waals surface area contributed by atoms with Gasteiger partial charge in [0.15, 0.2) is 0 Å². The minimum Gasteiger partial charge on any atom is -0.477 e. The maximum absolute atomic E-state index is 14.0. The zero-order chi connectivity index (χ0) is 21.7. The lowest BCUT2D eigenvalue weighted by molar-refractivity contribution is 0.303. The molecule has 0 N–H and O–H groups in total. The third-order valence-electron chi connectivity index (χ3n) is 5.38. The topological polar surface area (TPSA) is 50.1 Å². The van der Waals surface area contributed by atoms with Crippen molar-refractivity contribution in [3.63, 3.8) is 0 Å². The molecule has 1 aliphatic heterocycles. The van der Waals surface area contributed by atoms with Crippen molar-refractivity contribution in [3.8, 4) is 5.88 Å². The van der Waals surface area contributed by atoms with Gasteiger partial charge in [0, 0.05) is 18.3 Å². The molecule has 0 spiro atoms. The number of halogens is 1. The van der Waals surface area contributed by atoms with Crippen LogP contribution in [0.15, 0.2) is 46.2 Å². The summed E-state index contributed by atoms with van der Waals surface area (Å²) in [5.41, 5.74) is 6.34. The van der Waals surface area contributed by atoms with Gasteiger partial charge in [-0.15, -0.1) is 0 Å². The van der Waals surface area contributed by atoms with Crippen LogP contribution in [-0.2, 0) is 0 Å². The number of benzene rings is 1. The summed E-state index contributed by atoms with van der Waals surface area (Å²) in [6.45, 7) is 13.6. The fraction of sp³-hybridized carbons (Fsp3) is 0.375. The molecule has 158 valence electrons. The summed E-state index contributed by atoms with van der Waals surface area (Å²) in [4.78, 5) is 15.5. The number of aromatic nitrogens is 1. The Morgan fingerprint density at radius 3 is 2.77 bits per heavy atom. The van der Waals surface area contributed by atoms with Crippen LogP contribution in [0, 0.1) is 26.6 Å². The van der Waals surface area contributed by atoms with Gasteiger partial charge in [-0.05, 0) is 69.2 Å². The highest BCUT2D eigenvalue weighted by atomic mass is 19.1. The van der Waals surface area contributed by atoms with E-state index in [1.165, 1.54) is 6.07 Å². The highest BCUT2D eigenvalue weighted by Crippen LogP contribution is 2.31. The van der Waals surface area contributed by atoms with Crippen LogP contribution in [0.4, 0.5) is 15.8 Å². The molecule has 0 aliphatic carbocycles. The molecule has 2 heterocycles. The Balaban J connectivity index is 1.92. The Hall–Kier alpha value is -3.02. The fourth-order valence-corrected chi connectivity index (χ4v) is 3.46. The van der Waals surface area contributed by atoms with E-state index in [9.17, 15) is 4.39 Å².